The van der Waals surface area contributed by atoms with Gasteiger partial charge in [-0.25, -0.2) is 14.5 Å². The van der Waals surface area contributed by atoms with Gasteiger partial charge in [0.05, 0.1) is 33.7 Å². The van der Waals surface area contributed by atoms with Gasteiger partial charge in [0.25, 0.3) is 5.78 Å². The number of ketones is 1. The second-order valence-electron chi connectivity index (χ2n) is 7.28. The third-order valence-electron chi connectivity index (χ3n) is 5.17. The van der Waals surface area contributed by atoms with E-state index in [9.17, 15) is 18.4 Å². The summed E-state index contributed by atoms with van der Waals surface area (Å²) in [6, 6.07) is 15.5. The van der Waals surface area contributed by atoms with Crippen molar-refractivity contribution >= 4 is 22.8 Å². The summed E-state index contributed by atoms with van der Waals surface area (Å²) in [5.41, 5.74) is 2.24. The number of halogens is 2. The topological polar surface area (TPSA) is 79.0 Å². The van der Waals surface area contributed by atoms with Crippen molar-refractivity contribution in [3.8, 4) is 5.69 Å². The van der Waals surface area contributed by atoms with Crippen molar-refractivity contribution in [3.05, 3.63) is 77.4 Å². The molecular weight excluding hydrogens is 418 g/mol. The molecule has 4 rings (SSSR count). The fraction of sp³-hybridized carbons (Fsp3) is 0.217. The Kier molecular flexibility index (Phi) is 5.56. The molecule has 32 heavy (non-hydrogen) atoms. The fourth-order valence-electron chi connectivity index (χ4n) is 3.72. The highest BCUT2D eigenvalue weighted by atomic mass is 19.3. The predicted molar refractivity (Wildman–Crippen MR) is 113 cm³/mol. The Labute approximate surface area is 182 Å². The number of Topliss-reactive ketones (excluding diaryl/α,β-unsaturated/α-hetero) is 1. The van der Waals surface area contributed by atoms with Gasteiger partial charge in [-0.1, -0.05) is 30.3 Å². The standard InChI is InChI=1S/C23H20F2N4O3/c1-13-19(14(2)29(27-13)16-9-5-4-6-10-16)20(30)22(31)32-15(3)21-26-17-11-7-8-12-18(17)28(21)23(24)25/h4-12,15,23H,1-3H3. The minimum absolute atomic E-state index is 0.119. The molecule has 0 N–H and O–H groups in total. The third-order valence-corrected chi connectivity index (χ3v) is 5.17. The van der Waals surface area contributed by atoms with Gasteiger partial charge in [0.15, 0.2) is 11.9 Å². The van der Waals surface area contributed by atoms with E-state index in [1.165, 1.54) is 13.0 Å². The van der Waals surface area contributed by atoms with Crippen LogP contribution in [0.15, 0.2) is 54.6 Å². The normalized spacial score (nSPS) is 12.3. The van der Waals surface area contributed by atoms with E-state index in [0.29, 0.717) is 21.5 Å². The summed E-state index contributed by atoms with van der Waals surface area (Å²) >= 11 is 0. The van der Waals surface area contributed by atoms with Crippen LogP contribution in [-0.2, 0) is 9.53 Å². The Morgan fingerprint density at radius 2 is 1.66 bits per heavy atom. The number of hydrogen-bond acceptors (Lipinski definition) is 5. The van der Waals surface area contributed by atoms with E-state index in [1.54, 1.807) is 36.7 Å². The first-order valence-corrected chi connectivity index (χ1v) is 9.91. The summed E-state index contributed by atoms with van der Waals surface area (Å²) in [4.78, 5) is 29.7. The summed E-state index contributed by atoms with van der Waals surface area (Å²) in [6.45, 7) is 1.81. The fourth-order valence-corrected chi connectivity index (χ4v) is 3.72. The molecule has 1 unspecified atom stereocenters. The molecule has 2 aromatic heterocycles. The molecule has 1 atom stereocenters. The number of aryl methyl sites for hydroxylation is 1. The lowest BCUT2D eigenvalue weighted by Gasteiger charge is -2.14. The highest BCUT2D eigenvalue weighted by Crippen LogP contribution is 2.28. The van der Waals surface area contributed by atoms with Gasteiger partial charge < -0.3 is 4.74 Å². The van der Waals surface area contributed by atoms with E-state index in [4.69, 9.17) is 4.74 Å². The lowest BCUT2D eigenvalue weighted by molar-refractivity contribution is -0.143. The number of aromatic nitrogens is 4. The van der Waals surface area contributed by atoms with Gasteiger partial charge in [-0.2, -0.15) is 13.9 Å². The van der Waals surface area contributed by atoms with Crippen molar-refractivity contribution < 1.29 is 23.1 Å². The summed E-state index contributed by atoms with van der Waals surface area (Å²) in [6.07, 6.45) is -1.17. The van der Waals surface area contributed by atoms with E-state index in [1.807, 2.05) is 30.3 Å². The molecule has 0 aliphatic heterocycles. The average Bonchev–Trinajstić information content (AvgIpc) is 3.31. The van der Waals surface area contributed by atoms with Crippen LogP contribution in [-0.4, -0.2) is 31.1 Å². The number of fused-ring (bicyclic) bond motifs is 1. The Bertz CT molecular complexity index is 1310. The monoisotopic (exact) mass is 438 g/mol. The predicted octanol–water partition coefficient (Wildman–Crippen LogP) is 4.72. The maximum Gasteiger partial charge on any atom is 0.380 e. The molecule has 0 bridgehead atoms. The number of rotatable bonds is 6. The van der Waals surface area contributed by atoms with Crippen LogP contribution in [0.1, 0.15) is 47.1 Å². The molecule has 0 amide bonds. The van der Waals surface area contributed by atoms with Gasteiger partial charge in [-0.15, -0.1) is 0 Å². The van der Waals surface area contributed by atoms with E-state index in [2.05, 4.69) is 10.1 Å². The second-order valence-corrected chi connectivity index (χ2v) is 7.28. The highest BCUT2D eigenvalue weighted by molar-refractivity contribution is 6.41. The summed E-state index contributed by atoms with van der Waals surface area (Å²) in [7, 11) is 0. The van der Waals surface area contributed by atoms with Crippen molar-refractivity contribution in [1.29, 1.82) is 0 Å². The van der Waals surface area contributed by atoms with Gasteiger partial charge in [0.2, 0.25) is 0 Å². The summed E-state index contributed by atoms with van der Waals surface area (Å²) in [5, 5.41) is 4.36. The first kappa shape index (κ1) is 21.4. The summed E-state index contributed by atoms with van der Waals surface area (Å²) in [5.74, 6) is -2.20. The number of nitrogens with zero attached hydrogens (tertiary/aromatic N) is 4. The molecule has 0 saturated heterocycles. The molecule has 0 spiro atoms. The number of carbonyl (C=O) groups is 2. The molecule has 2 aromatic carbocycles. The van der Waals surface area contributed by atoms with Gasteiger partial charge in [-0.05, 0) is 45.0 Å². The number of hydrogen-bond donors (Lipinski definition) is 0. The van der Waals surface area contributed by atoms with Crippen LogP contribution in [0.4, 0.5) is 8.78 Å². The average molecular weight is 438 g/mol. The van der Waals surface area contributed by atoms with E-state index in [0.717, 1.165) is 5.69 Å². The zero-order chi connectivity index (χ0) is 23.0. The van der Waals surface area contributed by atoms with Crippen LogP contribution >= 0.6 is 0 Å². The molecule has 164 valence electrons. The maximum atomic E-state index is 13.7. The first-order chi connectivity index (χ1) is 15.3. The zero-order valence-electron chi connectivity index (χ0n) is 17.6. The molecule has 4 aromatic rings. The van der Waals surface area contributed by atoms with Crippen LogP contribution in [0.25, 0.3) is 16.7 Å². The largest absolute Gasteiger partial charge is 0.448 e. The van der Waals surface area contributed by atoms with E-state index in [-0.39, 0.29) is 16.9 Å². The Morgan fingerprint density at radius 1 is 1.00 bits per heavy atom. The molecule has 0 radical (unpaired) electrons. The van der Waals surface area contributed by atoms with Gasteiger partial charge in [0, 0.05) is 0 Å². The van der Waals surface area contributed by atoms with Crippen molar-refractivity contribution in [2.24, 2.45) is 0 Å². The van der Waals surface area contributed by atoms with Gasteiger partial charge in [-0.3, -0.25) is 9.36 Å². The lowest BCUT2D eigenvalue weighted by atomic mass is 10.1. The van der Waals surface area contributed by atoms with Crippen LogP contribution in [0.3, 0.4) is 0 Å². The second kappa shape index (κ2) is 8.33. The molecular formula is C23H20F2N4O3. The molecule has 2 heterocycles. The van der Waals surface area contributed by atoms with Crippen molar-refractivity contribution in [3.63, 3.8) is 0 Å². The van der Waals surface area contributed by atoms with Crippen molar-refractivity contribution in [1.82, 2.24) is 19.3 Å². The van der Waals surface area contributed by atoms with Crippen molar-refractivity contribution in [2.45, 2.75) is 33.4 Å². The zero-order valence-corrected chi connectivity index (χ0v) is 17.6. The first-order valence-electron chi connectivity index (χ1n) is 9.91. The number of esters is 1. The number of carbonyl (C=O) groups excluding carboxylic acids is 2. The molecule has 0 aliphatic rings. The lowest BCUT2D eigenvalue weighted by Crippen LogP contribution is -2.22. The Morgan fingerprint density at radius 3 is 2.34 bits per heavy atom. The van der Waals surface area contributed by atoms with Crippen LogP contribution in [0.2, 0.25) is 0 Å². The molecule has 0 saturated carbocycles. The number of alkyl halides is 2. The molecule has 7 nitrogen and oxygen atoms in total. The van der Waals surface area contributed by atoms with Gasteiger partial charge in [0.1, 0.15) is 0 Å². The van der Waals surface area contributed by atoms with Gasteiger partial charge >= 0.3 is 12.5 Å². The van der Waals surface area contributed by atoms with E-state index < -0.39 is 24.4 Å². The third kappa shape index (κ3) is 3.66. The van der Waals surface area contributed by atoms with Crippen molar-refractivity contribution in [2.75, 3.05) is 0 Å². The minimum Gasteiger partial charge on any atom is -0.448 e. The number of ether oxygens (including phenoxy) is 1. The number of para-hydroxylation sites is 3. The maximum absolute atomic E-state index is 13.7. The number of benzene rings is 2. The highest BCUT2D eigenvalue weighted by Gasteiger charge is 2.30. The van der Waals surface area contributed by atoms with E-state index >= 15 is 0 Å². The number of imidazole rings is 1. The Hall–Kier alpha value is -3.88. The molecule has 0 aliphatic carbocycles. The Balaban J connectivity index is 1.62. The SMILES string of the molecule is Cc1nn(-c2ccccc2)c(C)c1C(=O)C(=O)OC(C)c1nc2ccccc2n1C(F)F. The summed E-state index contributed by atoms with van der Waals surface area (Å²) < 4.78 is 34.9. The molecule has 9 heteroatoms. The smallest absolute Gasteiger partial charge is 0.380 e. The van der Waals surface area contributed by atoms with Crippen LogP contribution in [0.5, 0.6) is 0 Å². The molecule has 0 fully saturated rings. The minimum atomic E-state index is -2.89. The van der Waals surface area contributed by atoms with Crippen LogP contribution in [0, 0.1) is 13.8 Å². The quantitative estimate of drug-likeness (QED) is 0.247. The van der Waals surface area contributed by atoms with Crippen LogP contribution < -0.4 is 0 Å².